The highest BCUT2D eigenvalue weighted by Crippen LogP contribution is 2.25. The molecule has 0 fully saturated rings. The molecule has 0 amide bonds. The normalized spacial score (nSPS) is 10.4. The van der Waals surface area contributed by atoms with Crippen molar-refractivity contribution in [1.82, 2.24) is 0 Å². The zero-order chi connectivity index (χ0) is 14.7. The molecule has 0 saturated carbocycles. The van der Waals surface area contributed by atoms with Crippen LogP contribution in [0.3, 0.4) is 0 Å². The van der Waals surface area contributed by atoms with E-state index in [4.69, 9.17) is 0 Å². The molecule has 106 valence electrons. The van der Waals surface area contributed by atoms with E-state index in [2.05, 4.69) is 34.5 Å². The lowest BCUT2D eigenvalue weighted by Crippen LogP contribution is -2.08. The lowest BCUT2D eigenvalue weighted by Gasteiger charge is -2.14. The summed E-state index contributed by atoms with van der Waals surface area (Å²) in [6.07, 6.45) is 0. The van der Waals surface area contributed by atoms with Crippen LogP contribution in [0.4, 0.5) is 11.4 Å². The van der Waals surface area contributed by atoms with E-state index in [1.54, 1.807) is 6.07 Å². The Bertz CT molecular complexity index is 589. The van der Waals surface area contributed by atoms with Crippen LogP contribution in [0, 0.1) is 13.8 Å². The second-order valence-corrected chi connectivity index (χ2v) is 5.37. The Labute approximate surface area is 120 Å². The Morgan fingerprint density at radius 1 is 1.00 bits per heavy atom. The van der Waals surface area contributed by atoms with Gasteiger partial charge in [-0.2, -0.15) is 0 Å². The number of aromatic hydroxyl groups is 1. The summed E-state index contributed by atoms with van der Waals surface area (Å²) in [4.78, 5) is 2.09. The summed E-state index contributed by atoms with van der Waals surface area (Å²) in [6.45, 7) is 4.68. The zero-order valence-corrected chi connectivity index (χ0v) is 12.6. The molecule has 3 nitrogen and oxygen atoms in total. The Hall–Kier alpha value is -2.16. The Balaban J connectivity index is 2.07. The fourth-order valence-corrected chi connectivity index (χ4v) is 2.10. The Morgan fingerprint density at radius 2 is 1.65 bits per heavy atom. The first-order valence-corrected chi connectivity index (χ1v) is 6.77. The Kier molecular flexibility index (Phi) is 4.18. The molecule has 0 atom stereocenters. The minimum Gasteiger partial charge on any atom is -0.508 e. The SMILES string of the molecule is Cc1cc(NCc2ccc(N(C)C)cc2)c(C)cc1O. The van der Waals surface area contributed by atoms with Gasteiger partial charge in [0.05, 0.1) is 0 Å². The Morgan fingerprint density at radius 3 is 2.25 bits per heavy atom. The maximum absolute atomic E-state index is 9.66. The molecule has 2 aromatic carbocycles. The molecule has 0 bridgehead atoms. The van der Waals surface area contributed by atoms with Gasteiger partial charge in [-0.3, -0.25) is 0 Å². The molecular formula is C17H22N2O. The van der Waals surface area contributed by atoms with E-state index >= 15 is 0 Å². The minimum atomic E-state index is 0.350. The summed E-state index contributed by atoms with van der Waals surface area (Å²) in [5.41, 5.74) is 5.45. The third kappa shape index (κ3) is 3.23. The minimum absolute atomic E-state index is 0.350. The van der Waals surface area contributed by atoms with E-state index in [-0.39, 0.29) is 0 Å². The van der Waals surface area contributed by atoms with Gasteiger partial charge in [0.2, 0.25) is 0 Å². The monoisotopic (exact) mass is 270 g/mol. The molecule has 20 heavy (non-hydrogen) atoms. The first-order valence-electron chi connectivity index (χ1n) is 6.77. The topological polar surface area (TPSA) is 35.5 Å². The van der Waals surface area contributed by atoms with Crippen molar-refractivity contribution in [1.29, 1.82) is 0 Å². The standard InChI is InChI=1S/C17H22N2O/c1-12-10-17(20)13(2)9-16(12)18-11-14-5-7-15(8-6-14)19(3)4/h5-10,18,20H,11H2,1-4H3. The van der Waals surface area contributed by atoms with Gasteiger partial charge in [-0.1, -0.05) is 12.1 Å². The van der Waals surface area contributed by atoms with Crippen molar-refractivity contribution in [3.63, 3.8) is 0 Å². The van der Waals surface area contributed by atoms with Crippen molar-refractivity contribution in [3.8, 4) is 5.75 Å². The molecule has 2 aromatic rings. The van der Waals surface area contributed by atoms with E-state index in [9.17, 15) is 5.11 Å². The van der Waals surface area contributed by atoms with Crippen LogP contribution in [0.15, 0.2) is 36.4 Å². The van der Waals surface area contributed by atoms with Gasteiger partial charge < -0.3 is 15.3 Å². The van der Waals surface area contributed by atoms with Crippen LogP contribution < -0.4 is 10.2 Å². The van der Waals surface area contributed by atoms with Gasteiger partial charge in [0.15, 0.2) is 0 Å². The van der Waals surface area contributed by atoms with Crippen molar-refractivity contribution in [2.45, 2.75) is 20.4 Å². The molecule has 2 N–H and O–H groups in total. The van der Waals surface area contributed by atoms with Crippen molar-refractivity contribution in [2.75, 3.05) is 24.3 Å². The average molecular weight is 270 g/mol. The van der Waals surface area contributed by atoms with Crippen LogP contribution in [0.1, 0.15) is 16.7 Å². The highest BCUT2D eigenvalue weighted by Gasteiger charge is 2.03. The second kappa shape index (κ2) is 5.87. The molecule has 0 aliphatic rings. The maximum atomic E-state index is 9.66. The number of phenols is 1. The fraction of sp³-hybridized carbons (Fsp3) is 0.294. The highest BCUT2D eigenvalue weighted by atomic mass is 16.3. The van der Waals surface area contributed by atoms with E-state index < -0.39 is 0 Å². The van der Waals surface area contributed by atoms with Gasteiger partial charge in [-0.25, -0.2) is 0 Å². The summed E-state index contributed by atoms with van der Waals surface area (Å²) in [5, 5.41) is 13.1. The van der Waals surface area contributed by atoms with Gasteiger partial charge in [-0.05, 0) is 54.8 Å². The van der Waals surface area contributed by atoms with Crippen molar-refractivity contribution in [2.24, 2.45) is 0 Å². The number of anilines is 2. The summed E-state index contributed by atoms with van der Waals surface area (Å²) in [6, 6.07) is 12.3. The molecular weight excluding hydrogens is 248 g/mol. The van der Waals surface area contributed by atoms with Crippen LogP contribution in [0.25, 0.3) is 0 Å². The number of rotatable bonds is 4. The number of benzene rings is 2. The summed E-state index contributed by atoms with van der Waals surface area (Å²) in [7, 11) is 4.08. The smallest absolute Gasteiger partial charge is 0.118 e. The molecule has 0 unspecified atom stereocenters. The molecule has 0 aliphatic heterocycles. The molecule has 0 heterocycles. The third-order valence-electron chi connectivity index (χ3n) is 3.48. The molecule has 0 aliphatic carbocycles. The lowest BCUT2D eigenvalue weighted by molar-refractivity contribution is 0.471. The van der Waals surface area contributed by atoms with Crippen LogP contribution in [0.5, 0.6) is 5.75 Å². The summed E-state index contributed by atoms with van der Waals surface area (Å²) < 4.78 is 0. The average Bonchev–Trinajstić information content (AvgIpc) is 2.42. The lowest BCUT2D eigenvalue weighted by atomic mass is 10.1. The zero-order valence-electron chi connectivity index (χ0n) is 12.6. The largest absolute Gasteiger partial charge is 0.508 e. The van der Waals surface area contributed by atoms with Crippen molar-refractivity contribution >= 4 is 11.4 Å². The van der Waals surface area contributed by atoms with Gasteiger partial charge in [0, 0.05) is 32.0 Å². The van der Waals surface area contributed by atoms with Crippen molar-refractivity contribution in [3.05, 3.63) is 53.1 Å². The van der Waals surface area contributed by atoms with Gasteiger partial charge >= 0.3 is 0 Å². The summed E-state index contributed by atoms with van der Waals surface area (Å²) in [5.74, 6) is 0.350. The number of phenolic OH excluding ortho intramolecular Hbond substituents is 1. The second-order valence-electron chi connectivity index (χ2n) is 5.37. The molecule has 0 radical (unpaired) electrons. The van der Waals surface area contributed by atoms with Crippen LogP contribution >= 0.6 is 0 Å². The number of aryl methyl sites for hydroxylation is 2. The van der Waals surface area contributed by atoms with E-state index in [1.807, 2.05) is 34.0 Å². The number of nitrogens with one attached hydrogen (secondary N) is 1. The molecule has 0 spiro atoms. The quantitative estimate of drug-likeness (QED) is 0.832. The van der Waals surface area contributed by atoms with Crippen molar-refractivity contribution < 1.29 is 5.11 Å². The molecule has 3 heteroatoms. The van der Waals surface area contributed by atoms with Gasteiger partial charge in [0.1, 0.15) is 5.75 Å². The predicted molar refractivity (Wildman–Crippen MR) is 85.7 cm³/mol. The van der Waals surface area contributed by atoms with Crippen LogP contribution in [-0.4, -0.2) is 19.2 Å². The van der Waals surface area contributed by atoms with Gasteiger partial charge in [-0.15, -0.1) is 0 Å². The molecule has 0 aromatic heterocycles. The molecule has 2 rings (SSSR count). The van der Waals surface area contributed by atoms with E-state index in [0.29, 0.717) is 5.75 Å². The van der Waals surface area contributed by atoms with Crippen LogP contribution in [0.2, 0.25) is 0 Å². The van der Waals surface area contributed by atoms with E-state index in [0.717, 1.165) is 23.4 Å². The number of hydrogen-bond acceptors (Lipinski definition) is 3. The maximum Gasteiger partial charge on any atom is 0.118 e. The fourth-order valence-electron chi connectivity index (χ4n) is 2.10. The first kappa shape index (κ1) is 14.3. The molecule has 0 saturated heterocycles. The number of nitrogens with zero attached hydrogens (tertiary/aromatic N) is 1. The van der Waals surface area contributed by atoms with Gasteiger partial charge in [0.25, 0.3) is 0 Å². The first-order chi connectivity index (χ1) is 9.47. The third-order valence-corrected chi connectivity index (χ3v) is 3.48. The highest BCUT2D eigenvalue weighted by molar-refractivity contribution is 5.57. The van der Waals surface area contributed by atoms with Crippen LogP contribution in [-0.2, 0) is 6.54 Å². The summed E-state index contributed by atoms with van der Waals surface area (Å²) >= 11 is 0. The number of hydrogen-bond donors (Lipinski definition) is 2. The predicted octanol–water partition coefficient (Wildman–Crippen LogP) is 3.69. The van der Waals surface area contributed by atoms with E-state index in [1.165, 1.54) is 11.3 Å².